The summed E-state index contributed by atoms with van der Waals surface area (Å²) in [7, 11) is 0. The highest BCUT2D eigenvalue weighted by Gasteiger charge is 2.25. The monoisotopic (exact) mass is 426 g/mol. The molecule has 4 heteroatoms. The van der Waals surface area contributed by atoms with E-state index in [4.69, 9.17) is 0 Å². The standard InChI is InChI=1S/C27H26N2OS/c30-27(16-22-10-5-9-21-7-3-4-11-25(21)22)28-17-26(24-13-15-31-19-24)29-14-12-20-6-1-2-8-23(20)18-29/h1-11,13,15,19,26H,12,14,16-18H2,(H,28,30)/t26-/m1/s1. The molecule has 0 saturated carbocycles. The maximum absolute atomic E-state index is 12.9. The van der Waals surface area contributed by atoms with Crippen molar-refractivity contribution in [3.63, 3.8) is 0 Å². The lowest BCUT2D eigenvalue weighted by molar-refractivity contribution is -0.120. The minimum Gasteiger partial charge on any atom is -0.354 e. The second-order valence-corrected chi connectivity index (χ2v) is 8.96. The van der Waals surface area contributed by atoms with Gasteiger partial charge in [-0.05, 0) is 56.3 Å². The summed E-state index contributed by atoms with van der Waals surface area (Å²) in [5.41, 5.74) is 5.21. The average molecular weight is 427 g/mol. The molecule has 156 valence electrons. The lowest BCUT2D eigenvalue weighted by Crippen LogP contribution is -2.40. The number of carbonyl (C=O) groups is 1. The number of thiophene rings is 1. The molecule has 1 N–H and O–H groups in total. The first-order chi connectivity index (χ1) is 15.3. The van der Waals surface area contributed by atoms with Crippen molar-refractivity contribution in [1.82, 2.24) is 10.2 Å². The molecule has 0 fully saturated rings. The summed E-state index contributed by atoms with van der Waals surface area (Å²) >= 11 is 1.72. The van der Waals surface area contributed by atoms with Gasteiger partial charge in [-0.15, -0.1) is 0 Å². The van der Waals surface area contributed by atoms with E-state index < -0.39 is 0 Å². The molecule has 1 aliphatic heterocycles. The van der Waals surface area contributed by atoms with Crippen molar-refractivity contribution in [1.29, 1.82) is 0 Å². The summed E-state index contributed by atoms with van der Waals surface area (Å²) < 4.78 is 0. The topological polar surface area (TPSA) is 32.3 Å². The molecule has 0 unspecified atom stereocenters. The van der Waals surface area contributed by atoms with Gasteiger partial charge in [-0.25, -0.2) is 0 Å². The Kier molecular flexibility index (Phi) is 5.83. The second-order valence-electron chi connectivity index (χ2n) is 8.18. The molecule has 31 heavy (non-hydrogen) atoms. The molecule has 0 radical (unpaired) electrons. The molecular weight excluding hydrogens is 400 g/mol. The van der Waals surface area contributed by atoms with Crippen LogP contribution in [0.3, 0.4) is 0 Å². The smallest absolute Gasteiger partial charge is 0.224 e. The zero-order valence-corrected chi connectivity index (χ0v) is 18.3. The number of amides is 1. The fraction of sp³-hybridized carbons (Fsp3) is 0.222. The predicted octanol–water partition coefficient (Wildman–Crippen LogP) is 5.36. The van der Waals surface area contributed by atoms with Crippen LogP contribution < -0.4 is 5.32 Å². The lowest BCUT2D eigenvalue weighted by Gasteiger charge is -2.35. The zero-order valence-electron chi connectivity index (χ0n) is 17.5. The summed E-state index contributed by atoms with van der Waals surface area (Å²) in [5, 5.41) is 9.89. The maximum atomic E-state index is 12.9. The molecule has 0 bridgehead atoms. The van der Waals surface area contributed by atoms with Crippen molar-refractivity contribution in [3.05, 3.63) is 106 Å². The van der Waals surface area contributed by atoms with Crippen molar-refractivity contribution in [2.45, 2.75) is 25.4 Å². The first kappa shape index (κ1) is 20.0. The van der Waals surface area contributed by atoms with E-state index in [0.29, 0.717) is 13.0 Å². The number of carbonyl (C=O) groups excluding carboxylic acids is 1. The van der Waals surface area contributed by atoms with Gasteiger partial charge in [0.15, 0.2) is 0 Å². The van der Waals surface area contributed by atoms with Crippen LogP contribution in [0.15, 0.2) is 83.6 Å². The zero-order chi connectivity index (χ0) is 21.0. The number of benzene rings is 3. The number of hydrogen-bond acceptors (Lipinski definition) is 3. The Morgan fingerprint density at radius 1 is 0.968 bits per heavy atom. The lowest BCUT2D eigenvalue weighted by atomic mass is 9.97. The van der Waals surface area contributed by atoms with Crippen LogP contribution in [-0.2, 0) is 24.2 Å². The third-order valence-electron chi connectivity index (χ3n) is 6.25. The van der Waals surface area contributed by atoms with Crippen LogP contribution in [0.2, 0.25) is 0 Å². The molecule has 5 rings (SSSR count). The van der Waals surface area contributed by atoms with Crippen molar-refractivity contribution in [2.75, 3.05) is 13.1 Å². The second kappa shape index (κ2) is 9.04. The summed E-state index contributed by atoms with van der Waals surface area (Å²) in [6.07, 6.45) is 1.46. The summed E-state index contributed by atoms with van der Waals surface area (Å²) in [5.74, 6) is 0.0778. The Balaban J connectivity index is 1.30. The highest BCUT2D eigenvalue weighted by Crippen LogP contribution is 2.29. The van der Waals surface area contributed by atoms with Gasteiger partial charge in [0.2, 0.25) is 5.91 Å². The molecular formula is C27H26N2OS. The van der Waals surface area contributed by atoms with Crippen LogP contribution in [-0.4, -0.2) is 23.9 Å². The van der Waals surface area contributed by atoms with E-state index in [-0.39, 0.29) is 11.9 Å². The van der Waals surface area contributed by atoms with Crippen LogP contribution in [0, 0.1) is 0 Å². The molecule has 1 aliphatic rings. The minimum absolute atomic E-state index is 0.0778. The molecule has 1 atom stereocenters. The van der Waals surface area contributed by atoms with Gasteiger partial charge in [-0.1, -0.05) is 66.7 Å². The van der Waals surface area contributed by atoms with Crippen molar-refractivity contribution in [3.8, 4) is 0 Å². The Morgan fingerprint density at radius 3 is 2.65 bits per heavy atom. The highest BCUT2D eigenvalue weighted by atomic mass is 32.1. The third kappa shape index (κ3) is 4.41. The number of hydrogen-bond donors (Lipinski definition) is 1. The molecule has 2 heterocycles. The number of rotatable bonds is 6. The SMILES string of the molecule is O=C(Cc1cccc2ccccc12)NC[C@H](c1ccsc1)N1CCc2ccccc2C1. The van der Waals surface area contributed by atoms with Gasteiger partial charge >= 0.3 is 0 Å². The van der Waals surface area contributed by atoms with E-state index in [1.807, 2.05) is 18.2 Å². The Morgan fingerprint density at radius 2 is 1.77 bits per heavy atom. The Hall–Kier alpha value is -2.95. The van der Waals surface area contributed by atoms with Gasteiger partial charge in [0.1, 0.15) is 0 Å². The van der Waals surface area contributed by atoms with Crippen molar-refractivity contribution in [2.24, 2.45) is 0 Å². The van der Waals surface area contributed by atoms with E-state index in [1.54, 1.807) is 11.3 Å². The largest absolute Gasteiger partial charge is 0.354 e. The van der Waals surface area contributed by atoms with Crippen molar-refractivity contribution >= 4 is 28.0 Å². The molecule has 3 aromatic carbocycles. The first-order valence-corrected chi connectivity index (χ1v) is 11.8. The molecule has 0 saturated heterocycles. The number of fused-ring (bicyclic) bond motifs is 2. The van der Waals surface area contributed by atoms with Crippen LogP contribution in [0.5, 0.6) is 0 Å². The van der Waals surface area contributed by atoms with E-state index in [0.717, 1.165) is 30.5 Å². The predicted molar refractivity (Wildman–Crippen MR) is 128 cm³/mol. The third-order valence-corrected chi connectivity index (χ3v) is 6.95. The van der Waals surface area contributed by atoms with Gasteiger partial charge in [-0.2, -0.15) is 11.3 Å². The number of nitrogens with one attached hydrogen (secondary N) is 1. The van der Waals surface area contributed by atoms with E-state index in [9.17, 15) is 4.79 Å². The number of nitrogens with zero attached hydrogens (tertiary/aromatic N) is 1. The molecule has 0 aliphatic carbocycles. The van der Waals surface area contributed by atoms with Crippen LogP contribution in [0.25, 0.3) is 10.8 Å². The van der Waals surface area contributed by atoms with Gasteiger partial charge in [0.25, 0.3) is 0 Å². The highest BCUT2D eigenvalue weighted by molar-refractivity contribution is 7.08. The van der Waals surface area contributed by atoms with Crippen molar-refractivity contribution < 1.29 is 4.79 Å². The van der Waals surface area contributed by atoms with Crippen LogP contribution in [0.4, 0.5) is 0 Å². The first-order valence-electron chi connectivity index (χ1n) is 10.8. The van der Waals surface area contributed by atoms with Gasteiger partial charge in [0, 0.05) is 19.6 Å². The normalized spacial score (nSPS) is 14.8. The average Bonchev–Trinajstić information content (AvgIpc) is 3.34. The van der Waals surface area contributed by atoms with Crippen LogP contribution >= 0.6 is 11.3 Å². The molecule has 3 nitrogen and oxygen atoms in total. The molecule has 4 aromatic rings. The fourth-order valence-corrected chi connectivity index (χ4v) is 5.31. The summed E-state index contributed by atoms with van der Waals surface area (Å²) in [6.45, 7) is 2.56. The summed E-state index contributed by atoms with van der Waals surface area (Å²) in [4.78, 5) is 15.4. The minimum atomic E-state index is 0.0778. The van der Waals surface area contributed by atoms with E-state index in [2.05, 4.69) is 75.6 Å². The maximum Gasteiger partial charge on any atom is 0.224 e. The van der Waals surface area contributed by atoms with Gasteiger partial charge in [0.05, 0.1) is 12.5 Å². The molecule has 1 amide bonds. The fourth-order valence-electron chi connectivity index (χ4n) is 4.60. The van der Waals surface area contributed by atoms with Gasteiger partial charge in [-0.3, -0.25) is 9.69 Å². The quantitative estimate of drug-likeness (QED) is 0.450. The summed E-state index contributed by atoms with van der Waals surface area (Å²) in [6, 6.07) is 25.5. The van der Waals surface area contributed by atoms with E-state index in [1.165, 1.54) is 22.1 Å². The molecule has 1 aromatic heterocycles. The van der Waals surface area contributed by atoms with Gasteiger partial charge < -0.3 is 5.32 Å². The Labute approximate surface area is 187 Å². The van der Waals surface area contributed by atoms with Crippen LogP contribution in [0.1, 0.15) is 28.3 Å². The van der Waals surface area contributed by atoms with E-state index >= 15 is 0 Å². The molecule has 0 spiro atoms. The Bertz CT molecular complexity index is 1180.